The van der Waals surface area contributed by atoms with Crippen molar-refractivity contribution in [1.82, 2.24) is 10.6 Å². The van der Waals surface area contributed by atoms with E-state index in [1.165, 1.54) is 0 Å². The monoisotopic (exact) mass is 302 g/mol. The number of nitrogens with one attached hydrogen (secondary N) is 2. The Morgan fingerprint density at radius 1 is 1.09 bits per heavy atom. The van der Waals surface area contributed by atoms with Gasteiger partial charge in [-0.05, 0) is 24.0 Å². The number of rotatable bonds is 3. The van der Waals surface area contributed by atoms with Gasteiger partial charge in [0.25, 0.3) is 0 Å². The normalized spacial score (nSPS) is 19.7. The Morgan fingerprint density at radius 3 is 2.27 bits per heavy atom. The number of hydrogen-bond donors (Lipinski definition) is 3. The van der Waals surface area contributed by atoms with Crippen LogP contribution in [0.5, 0.6) is 0 Å². The van der Waals surface area contributed by atoms with Gasteiger partial charge in [0, 0.05) is 25.4 Å². The van der Waals surface area contributed by atoms with E-state index < -0.39 is 17.4 Å². The third kappa shape index (κ3) is 3.30. The van der Waals surface area contributed by atoms with Crippen molar-refractivity contribution >= 4 is 11.8 Å². The Kier molecular flexibility index (Phi) is 4.16. The highest BCUT2D eigenvalue weighted by molar-refractivity contribution is 6.35. The molecular formula is C17H22N2O3. The molecule has 22 heavy (non-hydrogen) atoms. The highest BCUT2D eigenvalue weighted by atomic mass is 16.3. The summed E-state index contributed by atoms with van der Waals surface area (Å²) in [5, 5.41) is 15.9. The van der Waals surface area contributed by atoms with Crippen LogP contribution in [0.3, 0.4) is 0 Å². The van der Waals surface area contributed by atoms with Gasteiger partial charge in [-0.25, -0.2) is 0 Å². The maximum absolute atomic E-state index is 11.9. The summed E-state index contributed by atoms with van der Waals surface area (Å²) < 4.78 is 0. The second kappa shape index (κ2) is 6.08. The standard InChI is InChI=1S/C17H22N2O3/c20-15(16(21)19-14-7-3-4-8-14)18-11-17(22)9-12-5-1-2-6-13(12)10-17/h1-2,5-6,14,22H,3-4,7-11H2,(H,18,20)(H,19,21). The number of fused-ring (bicyclic) bond motifs is 1. The van der Waals surface area contributed by atoms with E-state index in [4.69, 9.17) is 0 Å². The number of amides is 2. The third-order valence-corrected chi connectivity index (χ3v) is 4.63. The van der Waals surface area contributed by atoms with Gasteiger partial charge < -0.3 is 15.7 Å². The molecule has 0 unspecified atom stereocenters. The summed E-state index contributed by atoms with van der Waals surface area (Å²) in [6.45, 7) is 0.0958. The van der Waals surface area contributed by atoms with Gasteiger partial charge in [-0.3, -0.25) is 9.59 Å². The first-order valence-corrected chi connectivity index (χ1v) is 7.94. The van der Waals surface area contributed by atoms with Gasteiger partial charge in [0.2, 0.25) is 0 Å². The molecule has 0 aromatic heterocycles. The first-order chi connectivity index (χ1) is 10.6. The van der Waals surface area contributed by atoms with E-state index in [1.54, 1.807) is 0 Å². The van der Waals surface area contributed by atoms with E-state index in [9.17, 15) is 14.7 Å². The van der Waals surface area contributed by atoms with Crippen LogP contribution < -0.4 is 10.6 Å². The molecule has 0 heterocycles. The highest BCUT2D eigenvalue weighted by Crippen LogP contribution is 2.29. The first-order valence-electron chi connectivity index (χ1n) is 7.94. The fraction of sp³-hybridized carbons (Fsp3) is 0.529. The minimum Gasteiger partial charge on any atom is -0.387 e. The van der Waals surface area contributed by atoms with Crippen LogP contribution in [-0.4, -0.2) is 35.1 Å². The Hall–Kier alpha value is -1.88. The molecule has 5 heteroatoms. The van der Waals surface area contributed by atoms with Crippen LogP contribution in [0.1, 0.15) is 36.8 Å². The highest BCUT2D eigenvalue weighted by Gasteiger charge is 2.35. The molecule has 2 aliphatic rings. The second-order valence-electron chi connectivity index (χ2n) is 6.48. The zero-order chi connectivity index (χ0) is 15.6. The molecule has 5 nitrogen and oxygen atoms in total. The molecule has 3 N–H and O–H groups in total. The van der Waals surface area contributed by atoms with Crippen LogP contribution in [-0.2, 0) is 22.4 Å². The lowest BCUT2D eigenvalue weighted by Crippen LogP contribution is -2.49. The van der Waals surface area contributed by atoms with Gasteiger partial charge in [0.1, 0.15) is 0 Å². The summed E-state index contributed by atoms with van der Waals surface area (Å²) in [6, 6.07) is 7.98. The van der Waals surface area contributed by atoms with Crippen molar-refractivity contribution in [2.45, 2.75) is 50.2 Å². The predicted molar refractivity (Wildman–Crippen MR) is 82.2 cm³/mol. The first kappa shape index (κ1) is 15.0. The Labute approximate surface area is 130 Å². The topological polar surface area (TPSA) is 78.4 Å². The molecule has 2 aliphatic carbocycles. The van der Waals surface area contributed by atoms with E-state index in [0.29, 0.717) is 12.8 Å². The molecule has 0 spiro atoms. The van der Waals surface area contributed by atoms with Crippen molar-refractivity contribution in [1.29, 1.82) is 0 Å². The quantitative estimate of drug-likeness (QED) is 0.719. The molecule has 1 saturated carbocycles. The zero-order valence-electron chi connectivity index (χ0n) is 12.6. The van der Waals surface area contributed by atoms with Crippen molar-refractivity contribution in [3.63, 3.8) is 0 Å². The Morgan fingerprint density at radius 2 is 1.68 bits per heavy atom. The lowest BCUT2D eigenvalue weighted by atomic mass is 10.0. The van der Waals surface area contributed by atoms with Crippen LogP contribution in [0.2, 0.25) is 0 Å². The van der Waals surface area contributed by atoms with E-state index in [1.807, 2.05) is 24.3 Å². The molecule has 0 saturated heterocycles. The number of carbonyl (C=O) groups excluding carboxylic acids is 2. The molecule has 118 valence electrons. The summed E-state index contributed by atoms with van der Waals surface area (Å²) >= 11 is 0. The number of hydrogen-bond acceptors (Lipinski definition) is 3. The van der Waals surface area contributed by atoms with Crippen molar-refractivity contribution in [2.24, 2.45) is 0 Å². The number of benzene rings is 1. The fourth-order valence-electron chi connectivity index (χ4n) is 3.45. The van der Waals surface area contributed by atoms with Crippen LogP contribution in [0.25, 0.3) is 0 Å². The zero-order valence-corrected chi connectivity index (χ0v) is 12.6. The Balaban J connectivity index is 1.50. The SMILES string of the molecule is O=C(NCC1(O)Cc2ccccc2C1)C(=O)NC1CCCC1. The summed E-state index contributed by atoms with van der Waals surface area (Å²) in [5.74, 6) is -1.25. The van der Waals surface area contributed by atoms with Gasteiger partial charge in [0.05, 0.1) is 5.60 Å². The summed E-state index contributed by atoms with van der Waals surface area (Å²) in [6.07, 6.45) is 5.10. The fourth-order valence-corrected chi connectivity index (χ4v) is 3.45. The van der Waals surface area contributed by atoms with Gasteiger partial charge in [-0.1, -0.05) is 37.1 Å². The average molecular weight is 302 g/mol. The van der Waals surface area contributed by atoms with Gasteiger partial charge in [-0.2, -0.15) is 0 Å². The number of aliphatic hydroxyl groups is 1. The van der Waals surface area contributed by atoms with Crippen LogP contribution in [0.4, 0.5) is 0 Å². The molecule has 1 aromatic rings. The predicted octanol–water partition coefficient (Wildman–Crippen LogP) is 0.691. The lowest BCUT2D eigenvalue weighted by Gasteiger charge is -2.22. The third-order valence-electron chi connectivity index (χ3n) is 4.63. The van der Waals surface area contributed by atoms with E-state index in [-0.39, 0.29) is 12.6 Å². The van der Waals surface area contributed by atoms with E-state index in [2.05, 4.69) is 10.6 Å². The molecule has 1 aromatic carbocycles. The van der Waals surface area contributed by atoms with Crippen molar-refractivity contribution in [3.8, 4) is 0 Å². The van der Waals surface area contributed by atoms with Crippen LogP contribution in [0.15, 0.2) is 24.3 Å². The van der Waals surface area contributed by atoms with Crippen LogP contribution >= 0.6 is 0 Å². The smallest absolute Gasteiger partial charge is 0.309 e. The second-order valence-corrected chi connectivity index (χ2v) is 6.48. The molecule has 0 aliphatic heterocycles. The largest absolute Gasteiger partial charge is 0.387 e. The van der Waals surface area contributed by atoms with Crippen LogP contribution in [0, 0.1) is 0 Å². The van der Waals surface area contributed by atoms with Gasteiger partial charge in [-0.15, -0.1) is 0 Å². The maximum Gasteiger partial charge on any atom is 0.309 e. The summed E-state index contributed by atoms with van der Waals surface area (Å²) in [5.41, 5.74) is 1.22. The minimum absolute atomic E-state index is 0.0958. The molecular weight excluding hydrogens is 280 g/mol. The molecule has 3 rings (SSSR count). The molecule has 1 fully saturated rings. The minimum atomic E-state index is -0.993. The number of carbonyl (C=O) groups is 2. The van der Waals surface area contributed by atoms with E-state index in [0.717, 1.165) is 36.8 Å². The van der Waals surface area contributed by atoms with Gasteiger partial charge >= 0.3 is 11.8 Å². The molecule has 0 radical (unpaired) electrons. The molecule has 2 amide bonds. The Bertz CT molecular complexity index is 554. The van der Waals surface area contributed by atoms with E-state index >= 15 is 0 Å². The average Bonchev–Trinajstić information content (AvgIpc) is 3.11. The molecule has 0 bridgehead atoms. The van der Waals surface area contributed by atoms with Crippen molar-refractivity contribution < 1.29 is 14.7 Å². The molecule has 0 atom stereocenters. The van der Waals surface area contributed by atoms with Gasteiger partial charge in [0.15, 0.2) is 0 Å². The summed E-state index contributed by atoms with van der Waals surface area (Å²) in [7, 11) is 0. The summed E-state index contributed by atoms with van der Waals surface area (Å²) in [4.78, 5) is 23.7. The maximum atomic E-state index is 11.9. The lowest BCUT2D eigenvalue weighted by molar-refractivity contribution is -0.140. The van der Waals surface area contributed by atoms with Crippen molar-refractivity contribution in [2.75, 3.05) is 6.54 Å². The van der Waals surface area contributed by atoms with Crippen molar-refractivity contribution in [3.05, 3.63) is 35.4 Å².